The molecule has 1 heterocycles. The molecule has 20 heavy (non-hydrogen) atoms. The molecule has 108 valence electrons. The fourth-order valence-electron chi connectivity index (χ4n) is 1.78. The van der Waals surface area contributed by atoms with Gasteiger partial charge in [0.05, 0.1) is 0 Å². The van der Waals surface area contributed by atoms with Gasteiger partial charge in [-0.05, 0) is 38.5 Å². The molecule has 0 saturated heterocycles. The molecule has 0 atom stereocenters. The van der Waals surface area contributed by atoms with Gasteiger partial charge in [-0.15, -0.1) is 21.5 Å². The molecule has 3 nitrogen and oxygen atoms in total. The maximum atomic E-state index is 4.28. The zero-order valence-electron chi connectivity index (χ0n) is 12.1. The van der Waals surface area contributed by atoms with Crippen molar-refractivity contribution >= 4 is 27.3 Å². The molecular weight excluding hydrogens is 334 g/mol. The molecular formula is C15H20BrN3S. The van der Waals surface area contributed by atoms with Crippen LogP contribution in [0, 0.1) is 0 Å². The van der Waals surface area contributed by atoms with Crippen LogP contribution in [0.5, 0.6) is 0 Å². The molecule has 0 aliphatic carbocycles. The highest BCUT2D eigenvalue weighted by Gasteiger charge is 2.10. The smallest absolute Gasteiger partial charge is 0.121 e. The monoisotopic (exact) mass is 353 g/mol. The van der Waals surface area contributed by atoms with Gasteiger partial charge in [0.15, 0.2) is 0 Å². The number of rotatable bonds is 5. The summed E-state index contributed by atoms with van der Waals surface area (Å²) in [5.74, 6) is 0. The van der Waals surface area contributed by atoms with Gasteiger partial charge < -0.3 is 5.32 Å². The van der Waals surface area contributed by atoms with E-state index in [-0.39, 0.29) is 5.54 Å². The van der Waals surface area contributed by atoms with Crippen LogP contribution in [0.2, 0.25) is 0 Å². The van der Waals surface area contributed by atoms with E-state index in [0.717, 1.165) is 33.9 Å². The van der Waals surface area contributed by atoms with Gasteiger partial charge in [-0.1, -0.05) is 28.1 Å². The fraction of sp³-hybridized carbons (Fsp3) is 0.467. The van der Waals surface area contributed by atoms with Crippen molar-refractivity contribution in [1.82, 2.24) is 15.5 Å². The molecule has 2 rings (SSSR count). The summed E-state index contributed by atoms with van der Waals surface area (Å²) in [4.78, 5) is 0. The Morgan fingerprint density at radius 2 is 1.75 bits per heavy atom. The van der Waals surface area contributed by atoms with Crippen molar-refractivity contribution in [2.45, 2.75) is 39.2 Å². The first-order valence-corrected chi connectivity index (χ1v) is 8.34. The first-order valence-electron chi connectivity index (χ1n) is 6.73. The molecule has 0 spiro atoms. The number of hydrogen-bond acceptors (Lipinski definition) is 4. The van der Waals surface area contributed by atoms with Crippen molar-refractivity contribution in [1.29, 1.82) is 0 Å². The second-order valence-electron chi connectivity index (χ2n) is 5.82. The first-order chi connectivity index (χ1) is 9.42. The van der Waals surface area contributed by atoms with Gasteiger partial charge in [0.1, 0.15) is 10.0 Å². The second kappa shape index (κ2) is 6.78. The van der Waals surface area contributed by atoms with E-state index in [9.17, 15) is 0 Å². The minimum Gasteiger partial charge on any atom is -0.312 e. The second-order valence-corrected chi connectivity index (χ2v) is 7.88. The lowest BCUT2D eigenvalue weighted by Crippen LogP contribution is -2.37. The molecule has 0 aliphatic heterocycles. The Hall–Kier alpha value is -0.780. The summed E-state index contributed by atoms with van der Waals surface area (Å²) in [6, 6.07) is 8.35. The Bertz CT molecular complexity index is 543. The lowest BCUT2D eigenvalue weighted by molar-refractivity contribution is 0.429. The topological polar surface area (TPSA) is 37.8 Å². The van der Waals surface area contributed by atoms with Crippen molar-refractivity contribution in [3.05, 3.63) is 44.3 Å². The summed E-state index contributed by atoms with van der Waals surface area (Å²) >= 11 is 5.16. The van der Waals surface area contributed by atoms with Crippen LogP contribution in [0.1, 0.15) is 36.3 Å². The maximum Gasteiger partial charge on any atom is 0.121 e. The van der Waals surface area contributed by atoms with E-state index in [1.165, 1.54) is 5.56 Å². The number of halogens is 1. The number of nitrogens with one attached hydrogen (secondary N) is 1. The summed E-state index contributed by atoms with van der Waals surface area (Å²) in [5.41, 5.74) is 1.43. The van der Waals surface area contributed by atoms with Crippen molar-refractivity contribution in [2.75, 3.05) is 6.54 Å². The lowest BCUT2D eigenvalue weighted by Gasteiger charge is -2.19. The third-order valence-electron chi connectivity index (χ3n) is 2.77. The summed E-state index contributed by atoms with van der Waals surface area (Å²) < 4.78 is 1.10. The number of aromatic nitrogens is 2. The molecule has 0 unspecified atom stereocenters. The van der Waals surface area contributed by atoms with Gasteiger partial charge in [0.2, 0.25) is 0 Å². The van der Waals surface area contributed by atoms with Gasteiger partial charge >= 0.3 is 0 Å². The van der Waals surface area contributed by atoms with Crippen LogP contribution in [-0.2, 0) is 12.8 Å². The van der Waals surface area contributed by atoms with Crippen LogP contribution in [0.3, 0.4) is 0 Å². The summed E-state index contributed by atoms with van der Waals surface area (Å²) in [6.45, 7) is 7.46. The van der Waals surface area contributed by atoms with Gasteiger partial charge in [-0.2, -0.15) is 0 Å². The van der Waals surface area contributed by atoms with Crippen LogP contribution < -0.4 is 5.32 Å². The summed E-state index contributed by atoms with van der Waals surface area (Å²) in [6.07, 6.45) is 1.80. The highest BCUT2D eigenvalue weighted by Crippen LogP contribution is 2.17. The normalized spacial score (nSPS) is 11.8. The molecule has 0 fully saturated rings. The maximum absolute atomic E-state index is 4.28. The van der Waals surface area contributed by atoms with Gasteiger partial charge in [-0.25, -0.2) is 0 Å². The lowest BCUT2D eigenvalue weighted by atomic mass is 10.1. The molecule has 0 amide bonds. The molecule has 0 radical (unpaired) electrons. The van der Waals surface area contributed by atoms with Crippen molar-refractivity contribution in [2.24, 2.45) is 0 Å². The molecule has 0 bridgehead atoms. The third-order valence-corrected chi connectivity index (χ3v) is 4.28. The highest BCUT2D eigenvalue weighted by atomic mass is 79.9. The van der Waals surface area contributed by atoms with Crippen LogP contribution in [0.15, 0.2) is 28.7 Å². The van der Waals surface area contributed by atoms with E-state index < -0.39 is 0 Å². The SMILES string of the molecule is CC(C)(C)NCCc1nnc(Cc2ccc(Br)cc2)s1. The molecule has 1 aromatic heterocycles. The van der Waals surface area contributed by atoms with Crippen LogP contribution in [0.25, 0.3) is 0 Å². The van der Waals surface area contributed by atoms with E-state index in [4.69, 9.17) is 0 Å². The number of nitrogens with zero attached hydrogens (tertiary/aromatic N) is 2. The predicted octanol–water partition coefficient (Wildman–Crippen LogP) is 3.82. The van der Waals surface area contributed by atoms with Gasteiger partial charge in [0.25, 0.3) is 0 Å². The molecule has 5 heteroatoms. The standard InChI is InChI=1S/C15H20BrN3S/c1-15(2,3)17-9-8-13-18-19-14(20-13)10-11-4-6-12(16)7-5-11/h4-7,17H,8-10H2,1-3H3. The minimum atomic E-state index is 0.158. The Morgan fingerprint density at radius 1 is 1.10 bits per heavy atom. The zero-order valence-corrected chi connectivity index (χ0v) is 14.5. The molecule has 0 saturated carbocycles. The average Bonchev–Trinajstić information content (AvgIpc) is 2.78. The minimum absolute atomic E-state index is 0.158. The van der Waals surface area contributed by atoms with E-state index in [1.54, 1.807) is 11.3 Å². The number of benzene rings is 1. The first kappa shape index (κ1) is 15.6. The van der Waals surface area contributed by atoms with E-state index in [1.807, 2.05) is 0 Å². The zero-order chi connectivity index (χ0) is 14.6. The van der Waals surface area contributed by atoms with E-state index in [0.29, 0.717) is 0 Å². The Balaban J connectivity index is 1.87. The van der Waals surface area contributed by atoms with Crippen molar-refractivity contribution in [3.8, 4) is 0 Å². The molecule has 1 aromatic carbocycles. The third kappa shape index (κ3) is 5.31. The van der Waals surface area contributed by atoms with Crippen LogP contribution in [-0.4, -0.2) is 22.3 Å². The summed E-state index contributed by atoms with van der Waals surface area (Å²) in [5, 5.41) is 14.2. The molecule has 1 N–H and O–H groups in total. The van der Waals surface area contributed by atoms with Crippen molar-refractivity contribution < 1.29 is 0 Å². The van der Waals surface area contributed by atoms with Gasteiger partial charge in [0, 0.05) is 29.4 Å². The van der Waals surface area contributed by atoms with Crippen LogP contribution >= 0.6 is 27.3 Å². The predicted molar refractivity (Wildman–Crippen MR) is 88.3 cm³/mol. The molecule has 2 aromatic rings. The Kier molecular flexibility index (Phi) is 5.29. The Morgan fingerprint density at radius 3 is 2.40 bits per heavy atom. The largest absolute Gasteiger partial charge is 0.312 e. The quantitative estimate of drug-likeness (QED) is 0.887. The fourth-order valence-corrected chi connectivity index (χ4v) is 2.92. The van der Waals surface area contributed by atoms with E-state index >= 15 is 0 Å². The number of hydrogen-bond donors (Lipinski definition) is 1. The van der Waals surface area contributed by atoms with Crippen LogP contribution in [0.4, 0.5) is 0 Å². The average molecular weight is 354 g/mol. The van der Waals surface area contributed by atoms with E-state index in [2.05, 4.69) is 76.5 Å². The highest BCUT2D eigenvalue weighted by molar-refractivity contribution is 9.10. The molecule has 0 aliphatic rings. The Labute approximate surface area is 133 Å². The van der Waals surface area contributed by atoms with Crippen molar-refractivity contribution in [3.63, 3.8) is 0 Å². The van der Waals surface area contributed by atoms with Gasteiger partial charge in [-0.3, -0.25) is 0 Å². The summed E-state index contributed by atoms with van der Waals surface area (Å²) in [7, 11) is 0.